The van der Waals surface area contributed by atoms with Crippen molar-refractivity contribution in [3.05, 3.63) is 66.4 Å². The average Bonchev–Trinajstić information content (AvgIpc) is 2.97. The third kappa shape index (κ3) is 2.75. The highest BCUT2D eigenvalue weighted by Crippen LogP contribution is 2.32. The van der Waals surface area contributed by atoms with Crippen LogP contribution in [0, 0.1) is 0 Å². The lowest BCUT2D eigenvalue weighted by atomic mass is 9.83. The van der Waals surface area contributed by atoms with Crippen LogP contribution >= 0.6 is 0 Å². The zero-order chi connectivity index (χ0) is 14.9. The van der Waals surface area contributed by atoms with Crippen LogP contribution in [-0.2, 0) is 5.41 Å². The van der Waals surface area contributed by atoms with Gasteiger partial charge in [0, 0.05) is 11.1 Å². The molecule has 0 radical (unpaired) electrons. The number of imidazole rings is 1. The van der Waals surface area contributed by atoms with Gasteiger partial charge in [0.2, 0.25) is 0 Å². The topological polar surface area (TPSA) is 28.7 Å². The number of aromatic amines is 1. The first kappa shape index (κ1) is 13.6. The van der Waals surface area contributed by atoms with Crippen LogP contribution in [0.3, 0.4) is 0 Å². The van der Waals surface area contributed by atoms with Gasteiger partial charge in [0.25, 0.3) is 0 Å². The predicted molar refractivity (Wildman–Crippen MR) is 88.2 cm³/mol. The fourth-order valence-corrected chi connectivity index (χ4v) is 2.57. The molecule has 0 atom stereocenters. The first-order chi connectivity index (χ1) is 10.1. The Morgan fingerprint density at radius 2 is 1.52 bits per heavy atom. The average molecular weight is 276 g/mol. The van der Waals surface area contributed by atoms with Crippen molar-refractivity contribution in [1.82, 2.24) is 9.97 Å². The van der Waals surface area contributed by atoms with E-state index in [4.69, 9.17) is 0 Å². The van der Waals surface area contributed by atoms with Crippen LogP contribution < -0.4 is 0 Å². The maximum absolute atomic E-state index is 4.53. The third-order valence-corrected chi connectivity index (χ3v) is 3.65. The molecular weight excluding hydrogens is 256 g/mol. The van der Waals surface area contributed by atoms with E-state index in [0.717, 1.165) is 17.1 Å². The summed E-state index contributed by atoms with van der Waals surface area (Å²) in [6.45, 7) is 6.71. The van der Waals surface area contributed by atoms with E-state index < -0.39 is 0 Å². The molecule has 3 aromatic rings. The lowest BCUT2D eigenvalue weighted by Crippen LogP contribution is -2.12. The van der Waals surface area contributed by atoms with Crippen LogP contribution in [-0.4, -0.2) is 9.97 Å². The maximum Gasteiger partial charge on any atom is 0.137 e. The minimum Gasteiger partial charge on any atom is -0.338 e. The molecule has 1 aromatic heterocycles. The quantitative estimate of drug-likeness (QED) is 0.697. The minimum atomic E-state index is 0.106. The van der Waals surface area contributed by atoms with Gasteiger partial charge in [0.15, 0.2) is 0 Å². The first-order valence-electron chi connectivity index (χ1n) is 7.26. The molecule has 2 heteroatoms. The van der Waals surface area contributed by atoms with Crippen molar-refractivity contribution in [3.63, 3.8) is 0 Å². The Bertz CT molecular complexity index is 734. The molecule has 0 amide bonds. The Balaban J connectivity index is 2.06. The number of H-pyrrole nitrogens is 1. The van der Waals surface area contributed by atoms with Gasteiger partial charge in [-0.1, -0.05) is 75.4 Å². The highest BCUT2D eigenvalue weighted by atomic mass is 14.9. The lowest BCUT2D eigenvalue weighted by molar-refractivity contribution is 0.592. The van der Waals surface area contributed by atoms with Gasteiger partial charge in [-0.15, -0.1) is 0 Å². The van der Waals surface area contributed by atoms with Crippen LogP contribution in [0.25, 0.3) is 22.6 Å². The molecule has 0 fully saturated rings. The monoisotopic (exact) mass is 276 g/mol. The predicted octanol–water partition coefficient (Wildman–Crippen LogP) is 5.04. The van der Waals surface area contributed by atoms with Crippen LogP contribution in [0.5, 0.6) is 0 Å². The molecule has 0 aliphatic carbocycles. The van der Waals surface area contributed by atoms with Gasteiger partial charge in [-0.05, 0) is 11.0 Å². The fraction of sp³-hybridized carbons (Fsp3) is 0.211. The maximum atomic E-state index is 4.53. The van der Waals surface area contributed by atoms with Gasteiger partial charge in [-0.2, -0.15) is 0 Å². The van der Waals surface area contributed by atoms with Crippen molar-refractivity contribution in [2.75, 3.05) is 0 Å². The summed E-state index contributed by atoms with van der Waals surface area (Å²) >= 11 is 0. The smallest absolute Gasteiger partial charge is 0.137 e. The van der Waals surface area contributed by atoms with E-state index in [1.807, 2.05) is 24.4 Å². The number of benzene rings is 2. The van der Waals surface area contributed by atoms with Crippen LogP contribution in [0.15, 0.2) is 60.8 Å². The Kier molecular flexibility index (Phi) is 3.38. The number of rotatable bonds is 2. The van der Waals surface area contributed by atoms with Gasteiger partial charge < -0.3 is 4.98 Å². The normalized spacial score (nSPS) is 11.6. The SMILES string of the molecule is CC(C)(C)c1ccccc1-c1cnc(-c2ccccc2)[nH]1. The summed E-state index contributed by atoms with van der Waals surface area (Å²) in [7, 11) is 0. The van der Waals surface area contributed by atoms with E-state index in [1.165, 1.54) is 11.1 Å². The molecule has 2 nitrogen and oxygen atoms in total. The van der Waals surface area contributed by atoms with Crippen molar-refractivity contribution in [2.24, 2.45) is 0 Å². The molecule has 1 heterocycles. The van der Waals surface area contributed by atoms with Crippen molar-refractivity contribution >= 4 is 0 Å². The molecule has 0 unspecified atom stereocenters. The molecule has 0 saturated carbocycles. The second-order valence-electron chi connectivity index (χ2n) is 6.31. The molecule has 21 heavy (non-hydrogen) atoms. The zero-order valence-corrected chi connectivity index (χ0v) is 12.7. The fourth-order valence-electron chi connectivity index (χ4n) is 2.57. The number of hydrogen-bond acceptors (Lipinski definition) is 1. The largest absolute Gasteiger partial charge is 0.338 e. The van der Waals surface area contributed by atoms with Gasteiger partial charge >= 0.3 is 0 Å². The summed E-state index contributed by atoms with van der Waals surface area (Å²) in [6, 6.07) is 18.7. The summed E-state index contributed by atoms with van der Waals surface area (Å²) in [6.07, 6.45) is 1.92. The molecule has 2 aromatic carbocycles. The van der Waals surface area contributed by atoms with Gasteiger partial charge in [0.1, 0.15) is 5.82 Å². The number of hydrogen-bond donors (Lipinski definition) is 1. The van der Waals surface area contributed by atoms with Crippen molar-refractivity contribution < 1.29 is 0 Å². The van der Waals surface area contributed by atoms with Crippen LogP contribution in [0.1, 0.15) is 26.3 Å². The molecule has 0 bridgehead atoms. The minimum absolute atomic E-state index is 0.106. The second-order valence-corrected chi connectivity index (χ2v) is 6.31. The number of nitrogens with one attached hydrogen (secondary N) is 1. The molecule has 0 spiro atoms. The molecular formula is C19H20N2. The van der Waals surface area contributed by atoms with E-state index in [1.54, 1.807) is 0 Å². The molecule has 0 saturated heterocycles. The van der Waals surface area contributed by atoms with E-state index >= 15 is 0 Å². The van der Waals surface area contributed by atoms with E-state index in [0.29, 0.717) is 0 Å². The number of nitrogens with zero attached hydrogens (tertiary/aromatic N) is 1. The Morgan fingerprint density at radius 1 is 0.857 bits per heavy atom. The van der Waals surface area contributed by atoms with Gasteiger partial charge in [-0.25, -0.2) is 4.98 Å². The summed E-state index contributed by atoms with van der Waals surface area (Å²) in [4.78, 5) is 7.98. The Labute approximate surface area is 125 Å². The summed E-state index contributed by atoms with van der Waals surface area (Å²) in [5, 5.41) is 0. The molecule has 0 aliphatic heterocycles. The van der Waals surface area contributed by atoms with Crippen molar-refractivity contribution in [2.45, 2.75) is 26.2 Å². The molecule has 106 valence electrons. The second kappa shape index (κ2) is 5.21. The van der Waals surface area contributed by atoms with Crippen molar-refractivity contribution in [3.8, 4) is 22.6 Å². The van der Waals surface area contributed by atoms with Gasteiger partial charge in [-0.3, -0.25) is 0 Å². The molecule has 1 N–H and O–H groups in total. The summed E-state index contributed by atoms with van der Waals surface area (Å²) < 4.78 is 0. The Hall–Kier alpha value is -2.35. The lowest BCUT2D eigenvalue weighted by Gasteiger charge is -2.22. The van der Waals surface area contributed by atoms with Crippen molar-refractivity contribution in [1.29, 1.82) is 0 Å². The first-order valence-corrected chi connectivity index (χ1v) is 7.26. The van der Waals surface area contributed by atoms with Gasteiger partial charge in [0.05, 0.1) is 11.9 Å². The summed E-state index contributed by atoms with van der Waals surface area (Å²) in [5.74, 6) is 0.911. The third-order valence-electron chi connectivity index (χ3n) is 3.65. The van der Waals surface area contributed by atoms with Crippen LogP contribution in [0.2, 0.25) is 0 Å². The summed E-state index contributed by atoms with van der Waals surface area (Å²) in [5.41, 5.74) is 4.83. The highest BCUT2D eigenvalue weighted by molar-refractivity contribution is 5.68. The van der Waals surface area contributed by atoms with E-state index in [-0.39, 0.29) is 5.41 Å². The zero-order valence-electron chi connectivity index (χ0n) is 12.7. The number of aromatic nitrogens is 2. The molecule has 3 rings (SSSR count). The standard InChI is InChI=1S/C19H20N2/c1-19(2,3)16-12-8-7-11-15(16)17-13-20-18(21-17)14-9-5-4-6-10-14/h4-13H,1-3H3,(H,20,21). The van der Waals surface area contributed by atoms with E-state index in [2.05, 4.69) is 67.1 Å². The van der Waals surface area contributed by atoms with E-state index in [9.17, 15) is 0 Å². The molecule has 0 aliphatic rings. The Morgan fingerprint density at radius 3 is 2.24 bits per heavy atom. The van der Waals surface area contributed by atoms with Crippen LogP contribution in [0.4, 0.5) is 0 Å². The highest BCUT2D eigenvalue weighted by Gasteiger charge is 2.19.